The number of amides is 3. The zero-order chi connectivity index (χ0) is 23.0. The Kier molecular flexibility index (Phi) is 8.56. The first kappa shape index (κ1) is 23.9. The van der Waals surface area contributed by atoms with Crippen LogP contribution in [-0.4, -0.2) is 59.0 Å². The van der Waals surface area contributed by atoms with Crippen molar-refractivity contribution in [3.63, 3.8) is 0 Å². The highest BCUT2D eigenvalue weighted by Crippen LogP contribution is 2.19. The van der Waals surface area contributed by atoms with Crippen LogP contribution in [0.25, 0.3) is 10.9 Å². The van der Waals surface area contributed by atoms with Gasteiger partial charge in [0, 0.05) is 23.5 Å². The lowest BCUT2D eigenvalue weighted by molar-refractivity contribution is -0.143. The van der Waals surface area contributed by atoms with E-state index in [4.69, 9.17) is 5.73 Å². The Morgan fingerprint density at radius 3 is 2.48 bits per heavy atom. The Bertz CT molecular complexity index is 941. The van der Waals surface area contributed by atoms with Crippen LogP contribution in [0.4, 0.5) is 0 Å². The van der Waals surface area contributed by atoms with Gasteiger partial charge in [0.15, 0.2) is 0 Å². The van der Waals surface area contributed by atoms with E-state index in [0.29, 0.717) is 6.42 Å². The third-order valence-corrected chi connectivity index (χ3v) is 5.16. The Hall–Kier alpha value is -3.40. The fourth-order valence-electron chi connectivity index (χ4n) is 3.16. The summed E-state index contributed by atoms with van der Waals surface area (Å²) >= 11 is 0. The predicted octanol–water partition coefficient (Wildman–Crippen LogP) is -0.114. The number of hydrogen-bond donors (Lipinski definition) is 6. The highest BCUT2D eigenvalue weighted by molar-refractivity contribution is 5.93. The average molecular weight is 431 g/mol. The molecule has 3 amide bonds. The van der Waals surface area contributed by atoms with Crippen molar-refractivity contribution in [1.82, 2.24) is 20.9 Å². The lowest BCUT2D eigenvalue weighted by atomic mass is 9.98. The fourth-order valence-corrected chi connectivity index (χ4v) is 3.16. The fraction of sp³-hybridized carbons (Fsp3) is 0.429. The van der Waals surface area contributed by atoms with Crippen LogP contribution in [-0.2, 0) is 25.6 Å². The van der Waals surface area contributed by atoms with Gasteiger partial charge < -0.3 is 31.8 Å². The Morgan fingerprint density at radius 1 is 1.13 bits per heavy atom. The smallest absolute Gasteiger partial charge is 0.326 e. The van der Waals surface area contributed by atoms with E-state index in [1.54, 1.807) is 13.1 Å². The van der Waals surface area contributed by atoms with E-state index >= 15 is 0 Å². The van der Waals surface area contributed by atoms with Crippen LogP contribution >= 0.6 is 0 Å². The van der Waals surface area contributed by atoms with Crippen molar-refractivity contribution in [2.45, 2.75) is 38.8 Å². The van der Waals surface area contributed by atoms with Crippen LogP contribution in [0.15, 0.2) is 30.5 Å². The van der Waals surface area contributed by atoms with Crippen LogP contribution in [0, 0.1) is 5.92 Å². The van der Waals surface area contributed by atoms with E-state index in [9.17, 15) is 24.3 Å². The second-order valence-corrected chi connectivity index (χ2v) is 7.37. The van der Waals surface area contributed by atoms with Crippen LogP contribution < -0.4 is 21.7 Å². The zero-order valence-corrected chi connectivity index (χ0v) is 17.6. The molecule has 0 aliphatic carbocycles. The molecular weight excluding hydrogens is 402 g/mol. The minimum Gasteiger partial charge on any atom is -0.480 e. The van der Waals surface area contributed by atoms with E-state index in [2.05, 4.69) is 20.9 Å². The maximum Gasteiger partial charge on any atom is 0.326 e. The molecule has 2 rings (SSSR count). The molecule has 0 saturated carbocycles. The third-order valence-electron chi connectivity index (χ3n) is 5.16. The molecule has 3 unspecified atom stereocenters. The normalized spacial score (nSPS) is 13.8. The highest BCUT2D eigenvalue weighted by atomic mass is 16.4. The third kappa shape index (κ3) is 6.54. The van der Waals surface area contributed by atoms with Gasteiger partial charge in [0.05, 0.1) is 13.1 Å². The van der Waals surface area contributed by atoms with E-state index in [1.807, 2.05) is 31.2 Å². The van der Waals surface area contributed by atoms with Crippen molar-refractivity contribution in [2.24, 2.45) is 11.7 Å². The van der Waals surface area contributed by atoms with Gasteiger partial charge in [0.1, 0.15) is 12.1 Å². The number of aliphatic carboxylic acids is 1. The molecule has 7 N–H and O–H groups in total. The molecule has 168 valence electrons. The largest absolute Gasteiger partial charge is 0.480 e. The molecule has 0 aliphatic heterocycles. The maximum absolute atomic E-state index is 13.0. The second-order valence-electron chi connectivity index (χ2n) is 7.37. The molecule has 0 aliphatic rings. The molecule has 0 bridgehead atoms. The van der Waals surface area contributed by atoms with Gasteiger partial charge in [-0.15, -0.1) is 0 Å². The summed E-state index contributed by atoms with van der Waals surface area (Å²) in [6, 6.07) is 5.39. The van der Waals surface area contributed by atoms with Crippen LogP contribution in [0.1, 0.15) is 25.8 Å². The Labute approximate surface area is 179 Å². The van der Waals surface area contributed by atoms with Crippen molar-refractivity contribution in [2.75, 3.05) is 13.1 Å². The number of carboxylic acids is 1. The molecule has 0 radical (unpaired) electrons. The van der Waals surface area contributed by atoms with Gasteiger partial charge in [-0.3, -0.25) is 14.4 Å². The number of para-hydroxylation sites is 1. The van der Waals surface area contributed by atoms with Gasteiger partial charge in [0.25, 0.3) is 0 Å². The molecule has 31 heavy (non-hydrogen) atoms. The number of aromatic amines is 1. The van der Waals surface area contributed by atoms with Crippen molar-refractivity contribution < 1.29 is 24.3 Å². The monoisotopic (exact) mass is 431 g/mol. The first-order valence-electron chi connectivity index (χ1n) is 10.1. The van der Waals surface area contributed by atoms with E-state index < -0.39 is 35.8 Å². The number of carbonyl (C=O) groups is 4. The zero-order valence-electron chi connectivity index (χ0n) is 17.6. The summed E-state index contributed by atoms with van der Waals surface area (Å²) in [6.45, 7) is 2.95. The molecule has 10 nitrogen and oxygen atoms in total. The topological polar surface area (TPSA) is 166 Å². The molecule has 0 saturated heterocycles. The number of hydrogen-bond acceptors (Lipinski definition) is 5. The Balaban J connectivity index is 2.21. The molecule has 0 spiro atoms. The summed E-state index contributed by atoms with van der Waals surface area (Å²) in [5, 5.41) is 17.9. The summed E-state index contributed by atoms with van der Waals surface area (Å²) in [6.07, 6.45) is 2.44. The van der Waals surface area contributed by atoms with Gasteiger partial charge in [0.2, 0.25) is 17.7 Å². The molecule has 10 heteroatoms. The number of carboxylic acid groups (broad SMARTS) is 1. The van der Waals surface area contributed by atoms with Gasteiger partial charge in [-0.05, 0) is 17.5 Å². The van der Waals surface area contributed by atoms with E-state index in [0.717, 1.165) is 16.5 Å². The molecule has 0 fully saturated rings. The summed E-state index contributed by atoms with van der Waals surface area (Å²) in [5.74, 6) is -3.14. The quantitative estimate of drug-likeness (QED) is 0.290. The summed E-state index contributed by atoms with van der Waals surface area (Å²) in [4.78, 5) is 51.3. The van der Waals surface area contributed by atoms with Gasteiger partial charge in [-0.25, -0.2) is 4.79 Å². The molecular formula is C21H29N5O5. The lowest BCUT2D eigenvalue weighted by Crippen LogP contribution is -2.55. The number of benzene rings is 1. The standard InChI is InChI=1S/C21H29N5O5/c1-3-12(2)19(21(30)31)26-20(29)16(25-18(28)11-24-17(27)9-22)8-13-10-23-15-7-5-4-6-14(13)15/h4-7,10,12,16,19,23H,3,8-9,11,22H2,1-2H3,(H,24,27)(H,25,28)(H,26,29)(H,30,31). The van der Waals surface area contributed by atoms with Crippen LogP contribution in [0.2, 0.25) is 0 Å². The van der Waals surface area contributed by atoms with Crippen LogP contribution in [0.5, 0.6) is 0 Å². The predicted molar refractivity (Wildman–Crippen MR) is 115 cm³/mol. The van der Waals surface area contributed by atoms with E-state index in [-0.39, 0.29) is 25.4 Å². The summed E-state index contributed by atoms with van der Waals surface area (Å²) in [5.41, 5.74) is 6.87. The molecule has 2 aromatic rings. The maximum atomic E-state index is 13.0. The van der Waals surface area contributed by atoms with Crippen molar-refractivity contribution in [1.29, 1.82) is 0 Å². The van der Waals surface area contributed by atoms with Gasteiger partial charge in [-0.1, -0.05) is 38.5 Å². The summed E-state index contributed by atoms with van der Waals surface area (Å²) < 4.78 is 0. The number of aromatic nitrogens is 1. The number of fused-ring (bicyclic) bond motifs is 1. The molecule has 3 atom stereocenters. The van der Waals surface area contributed by atoms with Crippen molar-refractivity contribution >= 4 is 34.6 Å². The minimum absolute atomic E-state index is 0.138. The molecule has 1 heterocycles. The number of rotatable bonds is 11. The SMILES string of the molecule is CCC(C)C(NC(=O)C(Cc1c[nH]c2ccccc12)NC(=O)CNC(=O)CN)C(=O)O. The number of nitrogens with one attached hydrogen (secondary N) is 4. The summed E-state index contributed by atoms with van der Waals surface area (Å²) in [7, 11) is 0. The van der Waals surface area contributed by atoms with Crippen molar-refractivity contribution in [3.05, 3.63) is 36.0 Å². The first-order valence-corrected chi connectivity index (χ1v) is 10.1. The highest BCUT2D eigenvalue weighted by Gasteiger charge is 2.30. The Morgan fingerprint density at radius 2 is 1.84 bits per heavy atom. The van der Waals surface area contributed by atoms with E-state index in [1.165, 1.54) is 0 Å². The number of H-pyrrole nitrogens is 1. The first-order chi connectivity index (χ1) is 14.8. The molecule has 1 aromatic carbocycles. The average Bonchev–Trinajstić information content (AvgIpc) is 3.17. The van der Waals surface area contributed by atoms with Gasteiger partial charge in [-0.2, -0.15) is 0 Å². The van der Waals surface area contributed by atoms with Gasteiger partial charge >= 0.3 is 5.97 Å². The number of carbonyl (C=O) groups excluding carboxylic acids is 3. The molecule has 1 aromatic heterocycles. The minimum atomic E-state index is -1.14. The number of nitrogens with two attached hydrogens (primary N) is 1. The second kappa shape index (κ2) is 11.1. The van der Waals surface area contributed by atoms with Crippen LogP contribution in [0.3, 0.4) is 0 Å². The lowest BCUT2D eigenvalue weighted by Gasteiger charge is -2.24. The van der Waals surface area contributed by atoms with Crippen molar-refractivity contribution in [3.8, 4) is 0 Å².